The van der Waals surface area contributed by atoms with Gasteiger partial charge in [-0.1, -0.05) is 24.3 Å². The van der Waals surface area contributed by atoms with E-state index in [-0.39, 0.29) is 23.9 Å². The Balaban J connectivity index is 1.36. The maximum Gasteiger partial charge on any atom is 0.293 e. The van der Waals surface area contributed by atoms with E-state index < -0.39 is 0 Å². The highest BCUT2D eigenvalue weighted by Crippen LogP contribution is 2.41. The number of aliphatic hydroxyl groups is 1. The second-order valence-corrected chi connectivity index (χ2v) is 9.96. The Morgan fingerprint density at radius 3 is 2.68 bits per heavy atom. The number of aromatic nitrogens is 4. The summed E-state index contributed by atoms with van der Waals surface area (Å²) >= 11 is 0. The number of nitrogens with zero attached hydrogens (tertiary/aromatic N) is 5. The monoisotopic (exact) mass is 510 g/mol. The van der Waals surface area contributed by atoms with Crippen LogP contribution >= 0.6 is 0 Å². The number of rotatable bonds is 7. The number of benzene rings is 2. The molecule has 2 aromatic heterocycles. The van der Waals surface area contributed by atoms with Crippen molar-refractivity contribution in [3.8, 4) is 11.3 Å². The molecule has 0 atom stereocenters. The lowest BCUT2D eigenvalue weighted by molar-refractivity contribution is 0.0980. The lowest BCUT2D eigenvalue weighted by Gasteiger charge is -2.31. The molecule has 2 aliphatic rings. The zero-order valence-corrected chi connectivity index (χ0v) is 21.5. The number of carbonyl (C=O) groups excluding carboxylic acids is 1. The van der Waals surface area contributed by atoms with Crippen LogP contribution in [0, 0.1) is 0 Å². The van der Waals surface area contributed by atoms with E-state index >= 15 is 0 Å². The minimum absolute atomic E-state index is 0.0656. The molecule has 4 aromatic rings. The normalized spacial score (nSPS) is 15.0. The molecule has 0 unspecified atom stereocenters. The molecule has 9 nitrogen and oxygen atoms in total. The molecule has 2 aromatic carbocycles. The summed E-state index contributed by atoms with van der Waals surface area (Å²) in [5.74, 6) is 0.733. The van der Waals surface area contributed by atoms with Gasteiger partial charge >= 0.3 is 0 Å². The van der Waals surface area contributed by atoms with Gasteiger partial charge in [0.05, 0.1) is 29.9 Å². The Hall–Kier alpha value is -4.24. The zero-order chi connectivity index (χ0) is 26.4. The van der Waals surface area contributed by atoms with Crippen LogP contribution in [0.3, 0.4) is 0 Å². The number of anilines is 3. The second kappa shape index (κ2) is 9.57. The fourth-order valence-electron chi connectivity index (χ4n) is 5.20. The lowest BCUT2D eigenvalue weighted by atomic mass is 9.93. The van der Waals surface area contributed by atoms with Gasteiger partial charge in [0.2, 0.25) is 0 Å². The molecule has 2 N–H and O–H groups in total. The van der Waals surface area contributed by atoms with Crippen molar-refractivity contribution in [1.82, 2.24) is 19.3 Å². The van der Waals surface area contributed by atoms with Crippen molar-refractivity contribution < 1.29 is 9.90 Å². The van der Waals surface area contributed by atoms with Gasteiger partial charge in [-0.05, 0) is 55.4 Å². The molecule has 0 bridgehead atoms. The van der Waals surface area contributed by atoms with Crippen LogP contribution < -0.4 is 15.8 Å². The van der Waals surface area contributed by atoms with Crippen LogP contribution in [0.4, 0.5) is 17.2 Å². The fraction of sp³-hybridized carbons (Fsp3) is 0.310. The van der Waals surface area contributed by atoms with E-state index in [0.717, 1.165) is 12.0 Å². The summed E-state index contributed by atoms with van der Waals surface area (Å²) in [6, 6.07) is 11.8. The van der Waals surface area contributed by atoms with Crippen LogP contribution in [0.1, 0.15) is 52.7 Å². The van der Waals surface area contributed by atoms with Crippen LogP contribution in [-0.4, -0.2) is 36.9 Å². The largest absolute Gasteiger partial charge is 0.392 e. The predicted molar refractivity (Wildman–Crippen MR) is 146 cm³/mol. The minimum Gasteiger partial charge on any atom is -0.392 e. The molecule has 1 amide bonds. The van der Waals surface area contributed by atoms with Gasteiger partial charge < -0.3 is 19.9 Å². The van der Waals surface area contributed by atoms with Gasteiger partial charge in [-0.15, -0.1) is 0 Å². The molecule has 1 aliphatic heterocycles. The van der Waals surface area contributed by atoms with Crippen molar-refractivity contribution in [3.05, 3.63) is 87.6 Å². The van der Waals surface area contributed by atoms with E-state index in [1.807, 2.05) is 31.2 Å². The molecule has 9 heteroatoms. The molecule has 1 aliphatic carbocycles. The SMILES string of the molecule is CCn1cc(Nc2nc(-c3cccc(N4CCc5cc(C6CC6)ccc5C4=O)c3CO)cn(C)c2=O)cn1. The molecule has 194 valence electrons. The first-order chi connectivity index (χ1) is 18.5. The number of aryl methyl sites for hydroxylation is 2. The van der Waals surface area contributed by atoms with Gasteiger partial charge in [0.1, 0.15) is 0 Å². The number of nitrogens with one attached hydrogen (secondary N) is 1. The van der Waals surface area contributed by atoms with Crippen LogP contribution in [0.15, 0.2) is 59.8 Å². The third-order valence-corrected chi connectivity index (χ3v) is 7.43. The third kappa shape index (κ3) is 4.28. The Kier molecular flexibility index (Phi) is 6.07. The Bertz CT molecular complexity index is 1600. The van der Waals surface area contributed by atoms with Crippen molar-refractivity contribution in [2.45, 2.75) is 45.3 Å². The maximum absolute atomic E-state index is 13.6. The lowest BCUT2D eigenvalue weighted by Crippen LogP contribution is -2.38. The van der Waals surface area contributed by atoms with Crippen LogP contribution in [0.25, 0.3) is 11.3 Å². The van der Waals surface area contributed by atoms with Crippen LogP contribution in [-0.2, 0) is 26.6 Å². The molecule has 1 saturated carbocycles. The molecule has 0 saturated heterocycles. The average Bonchev–Trinajstić information content (AvgIpc) is 3.69. The van der Waals surface area contributed by atoms with E-state index in [9.17, 15) is 14.7 Å². The Morgan fingerprint density at radius 2 is 1.95 bits per heavy atom. The first kappa shape index (κ1) is 24.1. The summed E-state index contributed by atoms with van der Waals surface area (Å²) < 4.78 is 3.22. The summed E-state index contributed by atoms with van der Waals surface area (Å²) in [6.07, 6.45) is 8.31. The van der Waals surface area contributed by atoms with E-state index in [2.05, 4.69) is 27.5 Å². The highest BCUT2D eigenvalue weighted by atomic mass is 16.3. The van der Waals surface area contributed by atoms with E-state index in [0.29, 0.717) is 52.8 Å². The standard InChI is InChI=1S/C29H30N6O3/c1-3-34-15-21(14-30-34)31-27-29(38)33(2)16-25(32-27)23-5-4-6-26(24(23)17-36)35-12-11-20-13-19(18-7-8-18)9-10-22(20)28(35)37/h4-6,9-10,13-16,18,36H,3,7-8,11-12,17H2,1-2H3,(H,31,32). The number of amides is 1. The summed E-state index contributed by atoms with van der Waals surface area (Å²) in [4.78, 5) is 32.8. The average molecular weight is 511 g/mol. The molecule has 3 heterocycles. The van der Waals surface area contributed by atoms with Gasteiger partial charge in [-0.2, -0.15) is 5.10 Å². The van der Waals surface area contributed by atoms with Gasteiger partial charge in [0.25, 0.3) is 11.5 Å². The molecule has 38 heavy (non-hydrogen) atoms. The predicted octanol–water partition coefficient (Wildman–Crippen LogP) is 3.98. The summed E-state index contributed by atoms with van der Waals surface area (Å²) in [5, 5.41) is 17.8. The minimum atomic E-state index is -0.284. The molecular formula is C29H30N6O3. The Morgan fingerprint density at radius 1 is 1.11 bits per heavy atom. The zero-order valence-electron chi connectivity index (χ0n) is 21.5. The summed E-state index contributed by atoms with van der Waals surface area (Å²) in [7, 11) is 1.66. The van der Waals surface area contributed by atoms with Crippen molar-refractivity contribution in [3.63, 3.8) is 0 Å². The Labute approximate surface area is 220 Å². The first-order valence-corrected chi connectivity index (χ1v) is 13.0. The molecular weight excluding hydrogens is 480 g/mol. The molecule has 0 radical (unpaired) electrons. The third-order valence-electron chi connectivity index (χ3n) is 7.43. The summed E-state index contributed by atoms with van der Waals surface area (Å²) in [5.41, 5.74) is 5.94. The van der Waals surface area contributed by atoms with Crippen LogP contribution in [0.5, 0.6) is 0 Å². The molecule has 6 rings (SSSR count). The number of hydrogen-bond donors (Lipinski definition) is 2. The smallest absolute Gasteiger partial charge is 0.293 e. The van der Waals surface area contributed by atoms with Gasteiger partial charge in [-0.25, -0.2) is 4.98 Å². The van der Waals surface area contributed by atoms with E-state index in [4.69, 9.17) is 0 Å². The van der Waals surface area contributed by atoms with E-state index in [1.54, 1.807) is 35.2 Å². The highest BCUT2D eigenvalue weighted by molar-refractivity contribution is 6.09. The van der Waals surface area contributed by atoms with Crippen molar-refractivity contribution >= 4 is 23.1 Å². The number of aliphatic hydroxyl groups excluding tert-OH is 1. The maximum atomic E-state index is 13.6. The first-order valence-electron chi connectivity index (χ1n) is 13.0. The fourth-order valence-corrected chi connectivity index (χ4v) is 5.20. The number of fused-ring (bicyclic) bond motifs is 1. The number of hydrogen-bond acceptors (Lipinski definition) is 6. The van der Waals surface area contributed by atoms with Crippen LogP contribution in [0.2, 0.25) is 0 Å². The van der Waals surface area contributed by atoms with Crippen molar-refractivity contribution in [1.29, 1.82) is 0 Å². The molecule has 1 fully saturated rings. The van der Waals surface area contributed by atoms with E-state index in [1.165, 1.54) is 23.0 Å². The van der Waals surface area contributed by atoms with Crippen molar-refractivity contribution in [2.24, 2.45) is 7.05 Å². The van der Waals surface area contributed by atoms with Gasteiger partial charge in [0, 0.05) is 49.2 Å². The van der Waals surface area contributed by atoms with Gasteiger partial charge in [-0.3, -0.25) is 14.3 Å². The number of carbonyl (C=O) groups is 1. The molecule has 0 spiro atoms. The topological polar surface area (TPSA) is 105 Å². The summed E-state index contributed by atoms with van der Waals surface area (Å²) in [6.45, 7) is 2.95. The van der Waals surface area contributed by atoms with Crippen molar-refractivity contribution in [2.75, 3.05) is 16.8 Å². The highest BCUT2D eigenvalue weighted by Gasteiger charge is 2.30. The van der Waals surface area contributed by atoms with Gasteiger partial charge in [0.15, 0.2) is 5.82 Å². The quantitative estimate of drug-likeness (QED) is 0.390. The second-order valence-electron chi connectivity index (χ2n) is 9.96.